The third kappa shape index (κ3) is 3.09. The number of allylic oxidation sites excluding steroid dienone is 1. The van der Waals surface area contributed by atoms with Crippen molar-refractivity contribution in [3.8, 4) is 0 Å². The molecule has 8 rings (SSSR count). The number of likely N-dealkylation sites (tertiary alicyclic amines) is 1. The van der Waals surface area contributed by atoms with E-state index in [9.17, 15) is 10.2 Å². The summed E-state index contributed by atoms with van der Waals surface area (Å²) in [5, 5.41) is 22.9. The molecule has 1 aromatic heterocycles. The molecule has 2 bridgehead atoms. The standard InChI is InChI=1S/C32H38N2O3/c1-30-10-8-24-15-23-4-5-25(34-18-27(35)28(36)19-34)16-31(23)11-12-32(24,37-31)29(30)7-6-26(30)21-3-2-20-9-13-33-17-22(20)14-21/h2-3,8-9,13-15,17,25-29,35-36H,4-7,10-12,16,18-19H2,1H3/t25-,26-,27+,28+,29-,30-,31-,32?/m1/s1. The molecule has 2 aromatic rings. The molecule has 2 saturated heterocycles. The van der Waals surface area contributed by atoms with Crippen LogP contribution >= 0.6 is 0 Å². The van der Waals surface area contributed by atoms with Crippen LogP contribution in [0.15, 0.2) is 60.0 Å². The van der Waals surface area contributed by atoms with Gasteiger partial charge in [-0.2, -0.15) is 0 Å². The van der Waals surface area contributed by atoms with Crippen LogP contribution < -0.4 is 0 Å². The molecular weight excluding hydrogens is 460 g/mol. The van der Waals surface area contributed by atoms with E-state index >= 15 is 0 Å². The zero-order valence-electron chi connectivity index (χ0n) is 21.8. The number of β-amino-alcohol motifs (C(OH)–C–C–N with tert-alkyl or cyclic N) is 2. The van der Waals surface area contributed by atoms with Crippen LogP contribution in [0.25, 0.3) is 10.8 Å². The summed E-state index contributed by atoms with van der Waals surface area (Å²) in [5.41, 5.74) is 4.30. The molecule has 1 aromatic carbocycles. The number of hydrogen-bond donors (Lipinski definition) is 2. The average Bonchev–Trinajstić information content (AvgIpc) is 3.54. The van der Waals surface area contributed by atoms with Gasteiger partial charge in [0.25, 0.3) is 0 Å². The average molecular weight is 499 g/mol. The summed E-state index contributed by atoms with van der Waals surface area (Å²) in [7, 11) is 0. The van der Waals surface area contributed by atoms with Gasteiger partial charge in [-0.1, -0.05) is 31.2 Å². The lowest BCUT2D eigenvalue weighted by Gasteiger charge is -2.55. The summed E-state index contributed by atoms with van der Waals surface area (Å²) in [4.78, 5) is 6.70. The zero-order valence-corrected chi connectivity index (χ0v) is 21.8. The molecule has 194 valence electrons. The molecule has 5 nitrogen and oxygen atoms in total. The summed E-state index contributed by atoms with van der Waals surface area (Å²) in [6.07, 6.45) is 16.7. The Hall–Kier alpha value is -2.05. The van der Waals surface area contributed by atoms with Gasteiger partial charge in [-0.15, -0.1) is 0 Å². The molecule has 0 amide bonds. The Morgan fingerprint density at radius 2 is 1.89 bits per heavy atom. The van der Waals surface area contributed by atoms with E-state index in [0.29, 0.717) is 31.0 Å². The Bertz CT molecular complexity index is 1330. The third-order valence-corrected chi connectivity index (χ3v) is 11.5. The number of pyridine rings is 1. The van der Waals surface area contributed by atoms with Crippen molar-refractivity contribution in [1.29, 1.82) is 0 Å². The largest absolute Gasteiger partial charge is 0.389 e. The number of nitrogens with zero attached hydrogens (tertiary/aromatic N) is 2. The summed E-state index contributed by atoms with van der Waals surface area (Å²) in [6, 6.07) is 9.50. The van der Waals surface area contributed by atoms with Crippen LogP contribution in [0, 0.1) is 11.3 Å². The van der Waals surface area contributed by atoms with Crippen LogP contribution in [0.1, 0.15) is 69.8 Å². The van der Waals surface area contributed by atoms with Gasteiger partial charge >= 0.3 is 0 Å². The minimum atomic E-state index is -0.619. The molecule has 8 atom stereocenters. The van der Waals surface area contributed by atoms with Gasteiger partial charge in [0, 0.05) is 36.9 Å². The summed E-state index contributed by atoms with van der Waals surface area (Å²) < 4.78 is 7.46. The first kappa shape index (κ1) is 22.9. The van der Waals surface area contributed by atoms with Crippen LogP contribution in [0.5, 0.6) is 0 Å². The zero-order chi connectivity index (χ0) is 25.0. The van der Waals surface area contributed by atoms with E-state index in [1.54, 1.807) is 0 Å². The third-order valence-electron chi connectivity index (χ3n) is 11.5. The molecule has 4 fully saturated rings. The van der Waals surface area contributed by atoms with Crippen molar-refractivity contribution in [2.45, 2.75) is 93.7 Å². The van der Waals surface area contributed by atoms with Crippen molar-refractivity contribution >= 4 is 10.8 Å². The smallest absolute Gasteiger partial charge is 0.0974 e. The summed E-state index contributed by atoms with van der Waals surface area (Å²) in [6.45, 7) is 3.71. The van der Waals surface area contributed by atoms with Crippen LogP contribution in [-0.4, -0.2) is 62.6 Å². The van der Waals surface area contributed by atoms with Crippen molar-refractivity contribution < 1.29 is 14.9 Å². The topological polar surface area (TPSA) is 65.8 Å². The van der Waals surface area contributed by atoms with Crippen LogP contribution in [-0.2, 0) is 4.74 Å². The van der Waals surface area contributed by atoms with Gasteiger partial charge < -0.3 is 14.9 Å². The molecule has 0 radical (unpaired) electrons. The number of benzene rings is 1. The number of aliphatic hydroxyl groups is 2. The first-order valence-electron chi connectivity index (χ1n) is 14.5. The molecule has 2 N–H and O–H groups in total. The van der Waals surface area contributed by atoms with Gasteiger partial charge in [-0.3, -0.25) is 9.88 Å². The van der Waals surface area contributed by atoms with Gasteiger partial charge in [0.2, 0.25) is 0 Å². The van der Waals surface area contributed by atoms with E-state index in [1.807, 2.05) is 12.4 Å². The van der Waals surface area contributed by atoms with Gasteiger partial charge in [-0.25, -0.2) is 0 Å². The van der Waals surface area contributed by atoms with Crippen molar-refractivity contribution in [1.82, 2.24) is 9.88 Å². The summed E-state index contributed by atoms with van der Waals surface area (Å²) in [5.74, 6) is 1.06. The Morgan fingerprint density at radius 3 is 2.76 bits per heavy atom. The number of aliphatic hydroxyl groups excluding tert-OH is 2. The fraction of sp³-hybridized carbons (Fsp3) is 0.594. The van der Waals surface area contributed by atoms with Crippen molar-refractivity contribution in [3.05, 3.63) is 65.5 Å². The molecular formula is C32H38N2O3. The fourth-order valence-electron chi connectivity index (χ4n) is 9.66. The molecule has 37 heavy (non-hydrogen) atoms. The maximum absolute atomic E-state index is 10.2. The highest BCUT2D eigenvalue weighted by Gasteiger charge is 2.66. The monoisotopic (exact) mass is 498 g/mol. The highest BCUT2D eigenvalue weighted by molar-refractivity contribution is 5.82. The van der Waals surface area contributed by atoms with Crippen LogP contribution in [0.2, 0.25) is 0 Å². The number of fused-ring (bicyclic) bond motifs is 2. The first-order chi connectivity index (χ1) is 17.9. The SMILES string of the molecule is C[C@]12CC=C3C=C4CC[C@@H](N5C[C@H](O)[C@@H](O)C5)C[C@]45CCC3(O5)[C@@H]1CC[C@@H]2c1ccc2ccncc2c1. The number of ether oxygens (including phenoxy) is 1. The second-order valence-corrected chi connectivity index (χ2v) is 13.2. The number of aromatic nitrogens is 1. The first-order valence-corrected chi connectivity index (χ1v) is 14.5. The lowest BCUT2D eigenvalue weighted by Crippen LogP contribution is -2.55. The van der Waals surface area contributed by atoms with Gasteiger partial charge in [-0.05, 0) is 103 Å². The maximum atomic E-state index is 10.2. The highest BCUT2D eigenvalue weighted by Crippen LogP contribution is 2.69. The molecule has 2 saturated carbocycles. The van der Waals surface area contributed by atoms with Crippen LogP contribution in [0.4, 0.5) is 0 Å². The van der Waals surface area contributed by atoms with Gasteiger partial charge in [0.15, 0.2) is 0 Å². The quantitative estimate of drug-likeness (QED) is 0.618. The van der Waals surface area contributed by atoms with E-state index in [1.165, 1.54) is 40.3 Å². The predicted molar refractivity (Wildman–Crippen MR) is 143 cm³/mol. The van der Waals surface area contributed by atoms with Gasteiger partial charge in [0.1, 0.15) is 0 Å². The lowest BCUT2D eigenvalue weighted by atomic mass is 9.58. The molecule has 3 aliphatic heterocycles. The molecule has 2 spiro atoms. The van der Waals surface area contributed by atoms with Gasteiger partial charge in [0.05, 0.1) is 23.4 Å². The van der Waals surface area contributed by atoms with E-state index < -0.39 is 12.2 Å². The van der Waals surface area contributed by atoms with Crippen LogP contribution in [0.3, 0.4) is 0 Å². The Morgan fingerprint density at radius 1 is 1.03 bits per heavy atom. The van der Waals surface area contributed by atoms with E-state index in [0.717, 1.165) is 38.5 Å². The van der Waals surface area contributed by atoms with E-state index in [-0.39, 0.29) is 16.6 Å². The Labute approximate surface area is 219 Å². The minimum Gasteiger partial charge on any atom is -0.389 e. The van der Waals surface area contributed by atoms with Crippen molar-refractivity contribution in [2.24, 2.45) is 11.3 Å². The van der Waals surface area contributed by atoms with E-state index in [4.69, 9.17) is 4.74 Å². The molecule has 3 aliphatic carbocycles. The summed E-state index contributed by atoms with van der Waals surface area (Å²) >= 11 is 0. The number of hydrogen-bond acceptors (Lipinski definition) is 5. The van der Waals surface area contributed by atoms with Crippen molar-refractivity contribution in [3.63, 3.8) is 0 Å². The second-order valence-electron chi connectivity index (χ2n) is 13.2. The molecule has 1 unspecified atom stereocenters. The molecule has 6 aliphatic rings. The Kier molecular flexibility index (Phi) is 4.80. The molecule has 5 heteroatoms. The Balaban J connectivity index is 1.12. The number of rotatable bonds is 2. The lowest BCUT2D eigenvalue weighted by molar-refractivity contribution is -0.140. The second kappa shape index (κ2) is 7.75. The van der Waals surface area contributed by atoms with E-state index in [2.05, 4.69) is 53.2 Å². The fourth-order valence-corrected chi connectivity index (χ4v) is 9.66. The predicted octanol–water partition coefficient (Wildman–Crippen LogP) is 4.88. The highest BCUT2D eigenvalue weighted by atomic mass is 16.5. The minimum absolute atomic E-state index is 0.157. The molecule has 4 heterocycles. The normalized spacial score (nSPS) is 44.8. The maximum Gasteiger partial charge on any atom is 0.0974 e. The van der Waals surface area contributed by atoms with Crippen molar-refractivity contribution in [2.75, 3.05) is 13.1 Å².